The highest BCUT2D eigenvalue weighted by Gasteiger charge is 2.44. The number of hydrogen-bond acceptors (Lipinski definition) is 14. The second kappa shape index (κ2) is 11.9. The minimum absolute atomic E-state index is 0.0467. The molecule has 0 saturated carbocycles. The molecule has 2 fully saturated rings. The number of carbonyl (C=O) groups is 6. The van der Waals surface area contributed by atoms with Crippen LogP contribution in [0.3, 0.4) is 0 Å². The lowest BCUT2D eigenvalue weighted by molar-refractivity contribution is -0.161. The van der Waals surface area contributed by atoms with E-state index in [1.54, 1.807) is 0 Å². The standard InChI is InChI=1S/C19H25N9O11S2/c1-19(2,14(32)33)39-23-11(10-8-40-15(20)22-10)12(30)21-9-7-28(13(9)31)17(35)25-41(37,38)24-16(34)27-4-3-26(5-6-29)18(27)36/h8-9,29H,3-7H2,1-2H3,(H2,20,22)(H,21,30)(H,24,34)(H,25,35)(H,32,33)/t9-/m0/s1. The highest BCUT2D eigenvalue weighted by Crippen LogP contribution is 2.17. The summed E-state index contributed by atoms with van der Waals surface area (Å²) in [6.07, 6.45) is 0. The van der Waals surface area contributed by atoms with Crippen molar-refractivity contribution in [2.45, 2.75) is 25.5 Å². The summed E-state index contributed by atoms with van der Waals surface area (Å²) >= 11 is 0.938. The van der Waals surface area contributed by atoms with Crippen molar-refractivity contribution in [3.05, 3.63) is 11.1 Å². The third-order valence-corrected chi connectivity index (χ3v) is 7.05. The number of aliphatic hydroxyl groups excluding tert-OH is 1. The Morgan fingerprint density at radius 3 is 2.37 bits per heavy atom. The van der Waals surface area contributed by atoms with Crippen LogP contribution in [0.5, 0.6) is 0 Å². The lowest BCUT2D eigenvalue weighted by Crippen LogP contribution is -2.68. The van der Waals surface area contributed by atoms with Crippen LogP contribution in [-0.2, 0) is 29.4 Å². The van der Waals surface area contributed by atoms with Crippen LogP contribution in [0.25, 0.3) is 0 Å². The summed E-state index contributed by atoms with van der Waals surface area (Å²) < 4.78 is 27.4. The number of aliphatic hydroxyl groups is 1. The molecule has 3 heterocycles. The van der Waals surface area contributed by atoms with E-state index in [-0.39, 0.29) is 37.1 Å². The molecule has 20 nitrogen and oxygen atoms in total. The minimum atomic E-state index is -4.88. The number of aliphatic carboxylic acids is 1. The Morgan fingerprint density at radius 1 is 1.20 bits per heavy atom. The number of likely N-dealkylation sites (tertiary alicyclic amines) is 1. The number of nitrogens with one attached hydrogen (secondary N) is 3. The number of β-lactam (4-membered cyclic amide) rings is 1. The summed E-state index contributed by atoms with van der Waals surface area (Å²) in [4.78, 5) is 84.1. The minimum Gasteiger partial charge on any atom is -0.478 e. The van der Waals surface area contributed by atoms with E-state index < -0.39 is 70.0 Å². The van der Waals surface area contributed by atoms with Crippen LogP contribution >= 0.6 is 11.3 Å². The fraction of sp³-hybridized carbons (Fsp3) is 0.474. The SMILES string of the molecule is CC(C)(ON=C(C(=O)N[C@H]1CN(C(=O)NS(=O)(=O)NC(=O)N2CCN(CCO)C2=O)C1=O)c1csc(N)n1)C(=O)O. The molecule has 0 aromatic carbocycles. The van der Waals surface area contributed by atoms with Crippen molar-refractivity contribution in [3.63, 3.8) is 0 Å². The van der Waals surface area contributed by atoms with Gasteiger partial charge in [0.2, 0.25) is 5.60 Å². The number of carboxylic acid groups (broad SMARTS) is 1. The molecule has 0 unspecified atom stereocenters. The van der Waals surface area contributed by atoms with Crippen LogP contribution in [0.1, 0.15) is 19.5 Å². The summed E-state index contributed by atoms with van der Waals surface area (Å²) in [5.41, 5.74) is 3.12. The van der Waals surface area contributed by atoms with Crippen molar-refractivity contribution in [1.29, 1.82) is 0 Å². The third kappa shape index (κ3) is 7.15. The van der Waals surface area contributed by atoms with Gasteiger partial charge in [-0.15, -0.1) is 11.3 Å². The van der Waals surface area contributed by atoms with Crippen LogP contribution < -0.4 is 20.5 Å². The maximum Gasteiger partial charge on any atom is 0.350 e. The van der Waals surface area contributed by atoms with Crippen LogP contribution in [0, 0.1) is 0 Å². The van der Waals surface area contributed by atoms with Gasteiger partial charge in [0.25, 0.3) is 11.8 Å². The Labute approximate surface area is 235 Å². The fourth-order valence-electron chi connectivity index (χ4n) is 3.21. The molecule has 7 N–H and O–H groups in total. The molecule has 1 atom stereocenters. The Hall–Kier alpha value is -4.57. The molecular weight excluding hydrogens is 594 g/mol. The number of hydrogen-bond donors (Lipinski definition) is 6. The number of β-amino-alcohol motifs (C(OH)–C–C–N with tert-alkyl or cyclic N) is 1. The molecule has 3 rings (SSSR count). The molecule has 224 valence electrons. The van der Waals surface area contributed by atoms with Gasteiger partial charge in [-0.3, -0.25) is 14.5 Å². The third-order valence-electron chi connectivity index (χ3n) is 5.49. The molecule has 2 saturated heterocycles. The van der Waals surface area contributed by atoms with Gasteiger partial charge in [-0.2, -0.15) is 8.42 Å². The second-order valence-corrected chi connectivity index (χ2v) is 11.2. The van der Waals surface area contributed by atoms with E-state index in [0.29, 0.717) is 9.80 Å². The predicted molar refractivity (Wildman–Crippen MR) is 136 cm³/mol. The van der Waals surface area contributed by atoms with Crippen LogP contribution in [0.15, 0.2) is 10.5 Å². The van der Waals surface area contributed by atoms with Crippen molar-refractivity contribution in [2.24, 2.45) is 5.16 Å². The van der Waals surface area contributed by atoms with Crippen molar-refractivity contribution in [3.8, 4) is 0 Å². The maximum atomic E-state index is 12.8. The van der Waals surface area contributed by atoms with E-state index >= 15 is 0 Å². The zero-order chi connectivity index (χ0) is 30.7. The number of nitrogens with two attached hydrogens (primary N) is 1. The van der Waals surface area contributed by atoms with Gasteiger partial charge in [0.05, 0.1) is 13.2 Å². The Morgan fingerprint density at radius 2 is 1.83 bits per heavy atom. The number of amides is 8. The molecule has 1 aromatic rings. The van der Waals surface area contributed by atoms with Gasteiger partial charge in [0, 0.05) is 25.0 Å². The molecule has 0 bridgehead atoms. The molecule has 8 amide bonds. The molecule has 0 aliphatic carbocycles. The molecule has 22 heteroatoms. The average Bonchev–Trinajstić information content (AvgIpc) is 3.46. The van der Waals surface area contributed by atoms with Gasteiger partial charge in [0.1, 0.15) is 11.7 Å². The summed E-state index contributed by atoms with van der Waals surface area (Å²) in [6.45, 7) is 1.29. The first-order chi connectivity index (χ1) is 19.1. The van der Waals surface area contributed by atoms with Crippen molar-refractivity contribution in [2.75, 3.05) is 38.5 Å². The lowest BCUT2D eigenvalue weighted by atomic mass is 10.1. The van der Waals surface area contributed by atoms with Gasteiger partial charge in [-0.25, -0.2) is 38.5 Å². The molecule has 1 aromatic heterocycles. The zero-order valence-electron chi connectivity index (χ0n) is 21.4. The summed E-state index contributed by atoms with van der Waals surface area (Å²) in [7, 11) is -4.88. The average molecular weight is 620 g/mol. The Kier molecular flexibility index (Phi) is 8.98. The van der Waals surface area contributed by atoms with Crippen molar-refractivity contribution < 1.29 is 52.2 Å². The first-order valence-corrected chi connectivity index (χ1v) is 13.8. The number of carboxylic acids is 1. The monoisotopic (exact) mass is 619 g/mol. The maximum absolute atomic E-state index is 12.8. The van der Waals surface area contributed by atoms with Gasteiger partial charge < -0.3 is 31.0 Å². The van der Waals surface area contributed by atoms with E-state index in [4.69, 9.17) is 15.7 Å². The quantitative estimate of drug-likeness (QED) is 0.0867. The Bertz CT molecular complexity index is 1410. The number of oxime groups is 1. The second-order valence-electron chi connectivity index (χ2n) is 8.86. The number of urea groups is 3. The number of nitrogen functional groups attached to an aromatic ring is 1. The lowest BCUT2D eigenvalue weighted by Gasteiger charge is -2.36. The van der Waals surface area contributed by atoms with Crippen LogP contribution in [0.4, 0.5) is 19.5 Å². The number of anilines is 1. The van der Waals surface area contributed by atoms with E-state index in [1.165, 1.54) is 28.7 Å². The summed E-state index contributed by atoms with van der Waals surface area (Å²) in [5, 5.41) is 25.3. The fourth-order valence-corrected chi connectivity index (χ4v) is 4.49. The van der Waals surface area contributed by atoms with Gasteiger partial charge in [-0.05, 0) is 13.8 Å². The van der Waals surface area contributed by atoms with Crippen LogP contribution in [0.2, 0.25) is 0 Å². The first-order valence-electron chi connectivity index (χ1n) is 11.4. The first kappa shape index (κ1) is 31.0. The smallest absolute Gasteiger partial charge is 0.350 e. The molecule has 2 aliphatic heterocycles. The largest absolute Gasteiger partial charge is 0.478 e. The molecule has 0 spiro atoms. The predicted octanol–water partition coefficient (Wildman–Crippen LogP) is -2.97. The molecular formula is C19H25N9O11S2. The number of aromatic nitrogens is 1. The summed E-state index contributed by atoms with van der Waals surface area (Å²) in [5.74, 6) is -3.47. The van der Waals surface area contributed by atoms with E-state index in [1.807, 2.05) is 0 Å². The van der Waals surface area contributed by atoms with Crippen LogP contribution in [-0.4, -0.2) is 124 Å². The number of rotatable bonds is 10. The van der Waals surface area contributed by atoms with Gasteiger partial charge in [-0.1, -0.05) is 5.16 Å². The normalized spacial score (nSPS) is 17.7. The van der Waals surface area contributed by atoms with E-state index in [0.717, 1.165) is 16.2 Å². The van der Waals surface area contributed by atoms with E-state index in [2.05, 4.69) is 15.5 Å². The highest BCUT2D eigenvalue weighted by molar-refractivity contribution is 7.88. The van der Waals surface area contributed by atoms with Gasteiger partial charge in [0.15, 0.2) is 10.8 Å². The molecule has 0 radical (unpaired) electrons. The number of carbonyl (C=O) groups excluding carboxylic acids is 5. The molecule has 41 heavy (non-hydrogen) atoms. The van der Waals surface area contributed by atoms with E-state index in [9.17, 15) is 42.3 Å². The highest BCUT2D eigenvalue weighted by atomic mass is 32.2. The van der Waals surface area contributed by atoms with Gasteiger partial charge >= 0.3 is 34.3 Å². The Balaban J connectivity index is 1.59. The topological polar surface area (TPSA) is 283 Å². The zero-order valence-corrected chi connectivity index (χ0v) is 23.0. The number of nitrogens with zero attached hydrogens (tertiary/aromatic N) is 5. The van der Waals surface area contributed by atoms with Crippen molar-refractivity contribution >= 4 is 68.3 Å². The number of imide groups is 2. The summed E-state index contributed by atoms with van der Waals surface area (Å²) in [6, 6.07) is -4.99. The van der Waals surface area contributed by atoms with Crippen molar-refractivity contribution in [1.82, 2.24) is 34.4 Å². The number of thiazole rings is 1. The molecule has 2 aliphatic rings.